The molecule has 1 amide bonds. The number of benzene rings is 2. The van der Waals surface area contributed by atoms with Crippen LogP contribution in [0.15, 0.2) is 60.7 Å². The molecule has 4 rings (SSSR count). The summed E-state index contributed by atoms with van der Waals surface area (Å²) in [5.74, 6) is -0.563. The SMILES string of the molecule is CO[C@@H]1O[C@H](C[C@H](CCCN)CN(Cc2ccccc2)C(=O)OCc2ccccc2)C2OC(C)(C)O[C@@H]21. The molecule has 0 spiro atoms. The normalized spacial score (nSPS) is 25.0. The molecule has 1 unspecified atom stereocenters. The number of ether oxygens (including phenoxy) is 5. The lowest BCUT2D eigenvalue weighted by Gasteiger charge is -2.30. The van der Waals surface area contributed by atoms with Crippen LogP contribution in [0, 0.1) is 5.92 Å². The van der Waals surface area contributed by atoms with Gasteiger partial charge in [-0.15, -0.1) is 0 Å². The Kier molecular flexibility index (Phi) is 9.56. The summed E-state index contributed by atoms with van der Waals surface area (Å²) >= 11 is 0. The van der Waals surface area contributed by atoms with E-state index in [0.717, 1.165) is 24.0 Å². The topological polar surface area (TPSA) is 92.5 Å². The van der Waals surface area contributed by atoms with Crippen molar-refractivity contribution in [3.05, 3.63) is 71.8 Å². The van der Waals surface area contributed by atoms with Gasteiger partial charge in [-0.1, -0.05) is 60.7 Å². The van der Waals surface area contributed by atoms with Crippen LogP contribution in [-0.4, -0.2) is 61.6 Å². The van der Waals surface area contributed by atoms with Gasteiger partial charge in [-0.3, -0.25) is 0 Å². The highest BCUT2D eigenvalue weighted by molar-refractivity contribution is 5.67. The standard InChI is InChI=1S/C29H40N2O6/c1-29(2)36-25-24(35-27(33-3)26(25)37-29)17-23(15-10-16-30)19-31(18-21-11-6-4-7-12-21)28(32)34-20-22-13-8-5-9-14-22/h4-9,11-14,23-27H,10,15-20,30H2,1-3H3/t23-,24+,25?,26-,27+/m0/s1. The number of methoxy groups -OCH3 is 1. The Morgan fingerprint density at radius 3 is 2.32 bits per heavy atom. The molecular formula is C29H40N2O6. The number of carbonyl (C=O) groups is 1. The smallest absolute Gasteiger partial charge is 0.410 e. The zero-order valence-corrected chi connectivity index (χ0v) is 22.1. The molecule has 2 N–H and O–H groups in total. The number of nitrogens with two attached hydrogens (primary N) is 1. The molecule has 202 valence electrons. The summed E-state index contributed by atoms with van der Waals surface area (Å²) in [6.45, 7) is 5.60. The van der Waals surface area contributed by atoms with Crippen LogP contribution >= 0.6 is 0 Å². The summed E-state index contributed by atoms with van der Waals surface area (Å²) in [6.07, 6.45) is 0.850. The van der Waals surface area contributed by atoms with E-state index in [0.29, 0.717) is 26.1 Å². The van der Waals surface area contributed by atoms with Gasteiger partial charge in [-0.2, -0.15) is 0 Å². The first-order valence-electron chi connectivity index (χ1n) is 13.1. The van der Waals surface area contributed by atoms with E-state index in [1.165, 1.54) is 0 Å². The second-order valence-electron chi connectivity index (χ2n) is 10.3. The van der Waals surface area contributed by atoms with Gasteiger partial charge in [0.1, 0.15) is 18.8 Å². The van der Waals surface area contributed by atoms with Crippen LogP contribution in [0.25, 0.3) is 0 Å². The van der Waals surface area contributed by atoms with Gasteiger partial charge in [-0.25, -0.2) is 4.79 Å². The number of nitrogens with zero attached hydrogens (tertiary/aromatic N) is 1. The van der Waals surface area contributed by atoms with E-state index in [1.807, 2.05) is 74.5 Å². The van der Waals surface area contributed by atoms with Gasteiger partial charge in [0.25, 0.3) is 0 Å². The lowest BCUT2D eigenvalue weighted by molar-refractivity contribution is -0.228. The van der Waals surface area contributed by atoms with Crippen molar-refractivity contribution in [1.29, 1.82) is 0 Å². The Balaban J connectivity index is 1.47. The monoisotopic (exact) mass is 512 g/mol. The van der Waals surface area contributed by atoms with Gasteiger partial charge in [0.05, 0.1) is 6.10 Å². The molecule has 2 saturated heterocycles. The lowest BCUT2D eigenvalue weighted by atomic mass is 9.92. The van der Waals surface area contributed by atoms with Gasteiger partial charge in [-0.05, 0) is 56.7 Å². The molecule has 2 aliphatic rings. The Morgan fingerprint density at radius 1 is 1.03 bits per heavy atom. The van der Waals surface area contributed by atoms with Gasteiger partial charge < -0.3 is 34.3 Å². The third-order valence-electron chi connectivity index (χ3n) is 6.88. The van der Waals surface area contributed by atoms with Crippen LogP contribution < -0.4 is 5.73 Å². The predicted molar refractivity (Wildman–Crippen MR) is 139 cm³/mol. The molecule has 2 aromatic carbocycles. The third kappa shape index (κ3) is 7.52. The van der Waals surface area contributed by atoms with Crippen LogP contribution in [0.4, 0.5) is 4.79 Å². The van der Waals surface area contributed by atoms with Crippen molar-refractivity contribution in [2.45, 2.75) is 76.7 Å². The molecule has 2 heterocycles. The number of amides is 1. The van der Waals surface area contributed by atoms with Crippen LogP contribution in [0.1, 0.15) is 44.2 Å². The molecule has 0 radical (unpaired) electrons. The van der Waals surface area contributed by atoms with Crippen molar-refractivity contribution in [2.75, 3.05) is 20.2 Å². The number of rotatable bonds is 12. The second kappa shape index (κ2) is 12.8. The molecule has 2 aromatic rings. The van der Waals surface area contributed by atoms with Crippen molar-refractivity contribution in [2.24, 2.45) is 11.7 Å². The van der Waals surface area contributed by atoms with E-state index in [2.05, 4.69) is 0 Å². The summed E-state index contributed by atoms with van der Waals surface area (Å²) in [4.78, 5) is 15.1. The van der Waals surface area contributed by atoms with E-state index in [1.54, 1.807) is 12.0 Å². The van der Waals surface area contributed by atoms with Crippen molar-refractivity contribution >= 4 is 6.09 Å². The second-order valence-corrected chi connectivity index (χ2v) is 10.3. The van der Waals surface area contributed by atoms with Gasteiger partial charge in [0.2, 0.25) is 0 Å². The van der Waals surface area contributed by atoms with Crippen LogP contribution in [0.2, 0.25) is 0 Å². The van der Waals surface area contributed by atoms with Crippen molar-refractivity contribution in [3.63, 3.8) is 0 Å². The molecule has 2 fully saturated rings. The lowest BCUT2D eigenvalue weighted by Crippen LogP contribution is -2.38. The zero-order valence-electron chi connectivity index (χ0n) is 22.1. The summed E-state index contributed by atoms with van der Waals surface area (Å²) in [5.41, 5.74) is 7.87. The largest absolute Gasteiger partial charge is 0.445 e. The first-order chi connectivity index (χ1) is 17.9. The quantitative estimate of drug-likeness (QED) is 0.449. The van der Waals surface area contributed by atoms with Gasteiger partial charge in [0, 0.05) is 20.2 Å². The van der Waals surface area contributed by atoms with Crippen molar-refractivity contribution < 1.29 is 28.5 Å². The van der Waals surface area contributed by atoms with Gasteiger partial charge >= 0.3 is 6.09 Å². The zero-order chi connectivity index (χ0) is 26.3. The van der Waals surface area contributed by atoms with Crippen molar-refractivity contribution in [1.82, 2.24) is 4.90 Å². The summed E-state index contributed by atoms with van der Waals surface area (Å²) in [6, 6.07) is 19.7. The van der Waals surface area contributed by atoms with Gasteiger partial charge in [0.15, 0.2) is 12.1 Å². The van der Waals surface area contributed by atoms with Crippen LogP contribution in [0.3, 0.4) is 0 Å². The highest BCUT2D eigenvalue weighted by Crippen LogP contribution is 2.41. The highest BCUT2D eigenvalue weighted by atomic mass is 16.8. The summed E-state index contributed by atoms with van der Waals surface area (Å²) in [5, 5.41) is 0. The molecule has 2 aliphatic heterocycles. The maximum absolute atomic E-state index is 13.3. The van der Waals surface area contributed by atoms with Crippen LogP contribution in [-0.2, 0) is 36.8 Å². The van der Waals surface area contributed by atoms with E-state index < -0.39 is 12.1 Å². The van der Waals surface area contributed by atoms with E-state index in [4.69, 9.17) is 29.4 Å². The number of hydrogen-bond acceptors (Lipinski definition) is 7. The fourth-order valence-corrected chi connectivity index (χ4v) is 5.17. The average molecular weight is 513 g/mol. The van der Waals surface area contributed by atoms with E-state index in [9.17, 15) is 4.79 Å². The van der Waals surface area contributed by atoms with E-state index >= 15 is 0 Å². The van der Waals surface area contributed by atoms with Crippen molar-refractivity contribution in [3.8, 4) is 0 Å². The maximum atomic E-state index is 13.3. The molecule has 8 heteroatoms. The number of carbonyl (C=O) groups excluding carboxylic acids is 1. The number of fused-ring (bicyclic) bond motifs is 1. The molecular weight excluding hydrogens is 472 g/mol. The minimum Gasteiger partial charge on any atom is -0.445 e. The Hall–Kier alpha value is -2.49. The Bertz CT molecular complexity index is 973. The molecule has 0 aromatic heterocycles. The molecule has 0 saturated carbocycles. The first kappa shape index (κ1) is 27.5. The first-order valence-corrected chi connectivity index (χ1v) is 13.1. The maximum Gasteiger partial charge on any atom is 0.410 e. The Morgan fingerprint density at radius 2 is 1.68 bits per heavy atom. The molecule has 37 heavy (non-hydrogen) atoms. The van der Waals surface area contributed by atoms with Crippen LogP contribution in [0.5, 0.6) is 0 Å². The number of hydrogen-bond donors (Lipinski definition) is 1. The summed E-state index contributed by atoms with van der Waals surface area (Å²) < 4.78 is 29.8. The fraction of sp³-hybridized carbons (Fsp3) is 0.552. The molecule has 0 bridgehead atoms. The fourth-order valence-electron chi connectivity index (χ4n) is 5.17. The minimum atomic E-state index is -0.693. The molecule has 8 nitrogen and oxygen atoms in total. The highest BCUT2D eigenvalue weighted by Gasteiger charge is 2.55. The minimum absolute atomic E-state index is 0.130. The van der Waals surface area contributed by atoms with E-state index in [-0.39, 0.29) is 36.9 Å². The predicted octanol–water partition coefficient (Wildman–Crippen LogP) is 4.46. The molecule has 5 atom stereocenters. The molecule has 0 aliphatic carbocycles. The Labute approximate surface area is 220 Å². The summed E-state index contributed by atoms with van der Waals surface area (Å²) in [7, 11) is 1.62. The average Bonchev–Trinajstić information content (AvgIpc) is 3.39. The third-order valence-corrected chi connectivity index (χ3v) is 6.88.